The molecule has 1 aromatic rings. The van der Waals surface area contributed by atoms with Gasteiger partial charge in [-0.15, -0.1) is 0 Å². The fraction of sp³-hybridized carbons (Fsp3) is 0.545. The van der Waals surface area contributed by atoms with E-state index in [0.717, 1.165) is 0 Å². The number of esters is 1. The smallest absolute Gasteiger partial charge is 0.445 e. The van der Waals surface area contributed by atoms with E-state index in [1.807, 2.05) is 0 Å². The molecule has 0 aromatic heterocycles. The van der Waals surface area contributed by atoms with Crippen LogP contribution in [0.15, 0.2) is 16.1 Å². The monoisotopic (exact) mass is 757 g/mol. The molecule has 8 nitrogen and oxygen atoms in total. The number of rotatable bonds is 13. The third-order valence-electron chi connectivity index (χ3n) is 5.96. The van der Waals surface area contributed by atoms with Gasteiger partial charge in [0.05, 0.1) is 11.1 Å². The van der Waals surface area contributed by atoms with E-state index in [1.54, 1.807) is 0 Å². The maximum absolute atomic E-state index is 15.4. The van der Waals surface area contributed by atoms with E-state index < -0.39 is 100 Å². The highest BCUT2D eigenvalue weighted by Gasteiger charge is 2.96. The Morgan fingerprint density at radius 2 is 1.02 bits per heavy atom. The summed E-state index contributed by atoms with van der Waals surface area (Å²) in [5, 5.41) is 1.29. The summed E-state index contributed by atoms with van der Waals surface area (Å²) < 4.78 is 268. The molecule has 1 aromatic carbocycles. The van der Waals surface area contributed by atoms with Crippen LogP contribution in [0.5, 0.6) is 0 Å². The predicted octanol–water partition coefficient (Wildman–Crippen LogP) is 7.28. The standard InChI is InChI=1S/C22H10F19N3O5/c1-7-3-9(13(48)44-6-49-8(2)47)10(12(43-5-46)11(7)42-4-45)14(23,24)15(25,26)16(27,28)17(29,30)18(31,32)19(33,34)20(35,36)21(37,38)22(39,40)41/h3H,6H2,1-2H3,(H,44,48). The number of amides is 1. The molecule has 0 heterocycles. The lowest BCUT2D eigenvalue weighted by molar-refractivity contribution is -0.469. The normalized spacial score (nSPS) is 14.1. The maximum atomic E-state index is 15.4. The molecule has 0 saturated carbocycles. The first kappa shape index (κ1) is 42.6. The molecule has 0 spiro atoms. The average Bonchev–Trinajstić information content (AvgIpc) is 2.92. The van der Waals surface area contributed by atoms with E-state index in [1.165, 1.54) is 5.32 Å². The SMILES string of the molecule is CC(=O)OCNC(=O)c1cc(C)c(N=C=O)c(N=C=O)c1C(F)(F)C(F)(F)C(F)(F)C(F)(F)C(F)(F)C(F)(F)C(F)(F)C(F)(F)C(F)(F)F. The van der Waals surface area contributed by atoms with Crippen LogP contribution in [0.25, 0.3) is 0 Å². The van der Waals surface area contributed by atoms with E-state index in [2.05, 4.69) is 14.7 Å². The molecule has 0 saturated heterocycles. The number of hydrogen-bond acceptors (Lipinski definition) is 7. The summed E-state index contributed by atoms with van der Waals surface area (Å²) in [6, 6.07) is -0.165. The average molecular weight is 757 g/mol. The molecule has 0 fully saturated rings. The molecule has 0 radical (unpaired) electrons. The summed E-state index contributed by atoms with van der Waals surface area (Å²) >= 11 is 0. The van der Waals surface area contributed by atoms with Crippen LogP contribution >= 0.6 is 0 Å². The lowest BCUT2D eigenvalue weighted by Crippen LogP contribution is -2.75. The van der Waals surface area contributed by atoms with Crippen molar-refractivity contribution >= 4 is 35.4 Å². The molecule has 27 heteroatoms. The summed E-state index contributed by atoms with van der Waals surface area (Å²) in [5.41, 5.74) is -10.5. The number of isocyanates is 2. The van der Waals surface area contributed by atoms with E-state index in [-0.39, 0.29) is 12.1 Å². The highest BCUT2D eigenvalue weighted by atomic mass is 19.4. The Kier molecular flexibility index (Phi) is 11.1. The van der Waals surface area contributed by atoms with Crippen molar-refractivity contribution in [1.29, 1.82) is 0 Å². The highest BCUT2D eigenvalue weighted by Crippen LogP contribution is 2.66. The molecule has 1 amide bonds. The third-order valence-corrected chi connectivity index (χ3v) is 5.96. The minimum atomic E-state index is -9.23. The largest absolute Gasteiger partial charge is 0.460 e. The van der Waals surface area contributed by atoms with Crippen LogP contribution in [0.4, 0.5) is 94.8 Å². The number of carbonyl (C=O) groups is 2. The van der Waals surface area contributed by atoms with Gasteiger partial charge in [0.25, 0.3) is 5.91 Å². The topological polar surface area (TPSA) is 114 Å². The number of alkyl halides is 19. The molecule has 276 valence electrons. The zero-order chi connectivity index (χ0) is 39.2. The van der Waals surface area contributed by atoms with Crippen LogP contribution in [-0.2, 0) is 25.0 Å². The Labute approximate surface area is 256 Å². The Balaban J connectivity index is 4.27. The predicted molar refractivity (Wildman–Crippen MR) is 115 cm³/mol. The zero-order valence-electron chi connectivity index (χ0n) is 22.9. The molecule has 0 aliphatic heterocycles. The van der Waals surface area contributed by atoms with Crippen molar-refractivity contribution in [3.05, 3.63) is 22.8 Å². The van der Waals surface area contributed by atoms with Crippen molar-refractivity contribution in [3.63, 3.8) is 0 Å². The van der Waals surface area contributed by atoms with Crippen molar-refractivity contribution in [3.8, 4) is 0 Å². The molecule has 0 aliphatic carbocycles. The minimum Gasteiger partial charge on any atom is -0.445 e. The van der Waals surface area contributed by atoms with Gasteiger partial charge in [0.2, 0.25) is 12.2 Å². The van der Waals surface area contributed by atoms with Gasteiger partial charge < -0.3 is 10.1 Å². The maximum Gasteiger partial charge on any atom is 0.460 e. The first-order chi connectivity index (χ1) is 21.6. The van der Waals surface area contributed by atoms with Gasteiger partial charge in [-0.3, -0.25) is 9.59 Å². The number of halogens is 19. The molecule has 1 N–H and O–H groups in total. The van der Waals surface area contributed by atoms with Gasteiger partial charge in [0.1, 0.15) is 11.4 Å². The first-order valence-electron chi connectivity index (χ1n) is 11.5. The van der Waals surface area contributed by atoms with Gasteiger partial charge >= 0.3 is 59.5 Å². The van der Waals surface area contributed by atoms with E-state index in [4.69, 9.17) is 0 Å². The molecule has 0 atom stereocenters. The Morgan fingerprint density at radius 3 is 1.39 bits per heavy atom. The quantitative estimate of drug-likeness (QED) is 0.0748. The minimum absolute atomic E-state index is 0.165. The van der Waals surface area contributed by atoms with Crippen LogP contribution in [-0.4, -0.2) is 78.4 Å². The second-order valence-electron chi connectivity index (χ2n) is 9.10. The molecule has 1 rings (SSSR count). The third kappa shape index (κ3) is 6.28. The Hall–Kier alpha value is -4.41. The molecular formula is C22H10F19N3O5. The number of ether oxygens (including phenoxy) is 1. The molecule has 0 unspecified atom stereocenters. The van der Waals surface area contributed by atoms with E-state index >= 15 is 8.78 Å². The zero-order valence-corrected chi connectivity index (χ0v) is 22.9. The lowest BCUT2D eigenvalue weighted by atomic mass is 9.84. The van der Waals surface area contributed by atoms with Crippen molar-refractivity contribution in [1.82, 2.24) is 5.32 Å². The van der Waals surface area contributed by atoms with Crippen LogP contribution in [0.3, 0.4) is 0 Å². The number of hydrogen-bond donors (Lipinski definition) is 1. The fourth-order valence-electron chi connectivity index (χ4n) is 3.44. The molecule has 0 aliphatic rings. The van der Waals surface area contributed by atoms with Crippen LogP contribution in [0.2, 0.25) is 0 Å². The number of aryl methyl sites for hydroxylation is 1. The summed E-state index contributed by atoms with van der Waals surface area (Å²) in [5.74, 6) is -73.6. The summed E-state index contributed by atoms with van der Waals surface area (Å²) in [6.45, 7) is -0.214. The van der Waals surface area contributed by atoms with Crippen molar-refractivity contribution in [2.24, 2.45) is 9.98 Å². The second kappa shape index (κ2) is 12.8. The van der Waals surface area contributed by atoms with Crippen molar-refractivity contribution in [2.45, 2.75) is 67.4 Å². The first-order valence-corrected chi connectivity index (χ1v) is 11.5. The van der Waals surface area contributed by atoms with Gasteiger partial charge in [-0.05, 0) is 18.6 Å². The van der Waals surface area contributed by atoms with Crippen molar-refractivity contribution < 1.29 is 107 Å². The number of carbonyl (C=O) groups excluding carboxylic acids is 4. The Morgan fingerprint density at radius 1 is 0.653 bits per heavy atom. The van der Waals surface area contributed by atoms with Crippen LogP contribution < -0.4 is 5.32 Å². The van der Waals surface area contributed by atoms with E-state index in [9.17, 15) is 93.8 Å². The number of aliphatic imine (C=N–C) groups is 2. The molecule has 49 heavy (non-hydrogen) atoms. The Bertz CT molecular complexity index is 1580. The van der Waals surface area contributed by atoms with Crippen molar-refractivity contribution in [2.75, 3.05) is 6.73 Å². The summed E-state index contributed by atoms with van der Waals surface area (Å²) in [6.07, 6.45) is -7.30. The van der Waals surface area contributed by atoms with Gasteiger partial charge in [-0.2, -0.15) is 93.4 Å². The van der Waals surface area contributed by atoms with E-state index in [0.29, 0.717) is 19.9 Å². The summed E-state index contributed by atoms with van der Waals surface area (Å²) in [7, 11) is 0. The van der Waals surface area contributed by atoms with Gasteiger partial charge in [-0.25, -0.2) is 9.59 Å². The second-order valence-corrected chi connectivity index (χ2v) is 9.10. The number of nitrogens with one attached hydrogen (secondary N) is 1. The van der Waals surface area contributed by atoms with Crippen LogP contribution in [0, 0.1) is 6.92 Å². The van der Waals surface area contributed by atoms with Gasteiger partial charge in [0, 0.05) is 6.92 Å². The molecular weight excluding hydrogens is 747 g/mol. The van der Waals surface area contributed by atoms with Crippen LogP contribution in [0.1, 0.15) is 28.4 Å². The number of nitrogens with zero attached hydrogens (tertiary/aromatic N) is 2. The number of benzene rings is 1. The highest BCUT2D eigenvalue weighted by molar-refractivity contribution is 5.99. The lowest BCUT2D eigenvalue weighted by Gasteiger charge is -2.44. The van der Waals surface area contributed by atoms with Gasteiger partial charge in [0.15, 0.2) is 6.73 Å². The van der Waals surface area contributed by atoms with Gasteiger partial charge in [-0.1, -0.05) is 0 Å². The molecule has 0 bridgehead atoms. The fourth-order valence-corrected chi connectivity index (χ4v) is 3.44. The summed E-state index contributed by atoms with van der Waals surface area (Å²) in [4.78, 5) is 49.8.